The Hall–Kier alpha value is -4.01. The minimum atomic E-state index is -0.469. The fraction of sp³-hybridized carbons (Fsp3) is 0.148. The van der Waals surface area contributed by atoms with Crippen LogP contribution in [0, 0.1) is 0 Å². The van der Waals surface area contributed by atoms with E-state index in [0.717, 1.165) is 5.56 Å². The maximum absolute atomic E-state index is 12.9. The van der Waals surface area contributed by atoms with E-state index >= 15 is 0 Å². The number of nitrogens with one attached hydrogen (secondary N) is 1. The Balaban J connectivity index is 1.44. The first-order valence-corrected chi connectivity index (χ1v) is 12.1. The summed E-state index contributed by atoms with van der Waals surface area (Å²) in [5.74, 6) is -0.390. The average molecular weight is 536 g/mol. The lowest BCUT2D eigenvalue weighted by molar-refractivity contribution is 0.0525. The summed E-state index contributed by atoms with van der Waals surface area (Å²) in [7, 11) is 1.81. The van der Waals surface area contributed by atoms with Gasteiger partial charge in [0.25, 0.3) is 5.91 Å². The number of halogens is 2. The van der Waals surface area contributed by atoms with Gasteiger partial charge in [-0.15, -0.1) is 0 Å². The number of hydrogen-bond acceptors (Lipinski definition) is 7. The molecule has 1 amide bonds. The van der Waals surface area contributed by atoms with Gasteiger partial charge in [0.2, 0.25) is 5.95 Å². The van der Waals surface area contributed by atoms with Gasteiger partial charge in [-0.1, -0.05) is 35.3 Å². The Morgan fingerprint density at radius 3 is 2.43 bits per heavy atom. The van der Waals surface area contributed by atoms with Crippen molar-refractivity contribution < 1.29 is 14.3 Å². The predicted molar refractivity (Wildman–Crippen MR) is 144 cm³/mol. The molecule has 8 nitrogen and oxygen atoms in total. The number of hydrogen-bond donors (Lipinski definition) is 1. The van der Waals surface area contributed by atoms with Crippen molar-refractivity contribution in [2.75, 3.05) is 23.9 Å². The molecule has 0 bridgehead atoms. The van der Waals surface area contributed by atoms with Crippen LogP contribution in [0.4, 0.5) is 11.6 Å². The first-order valence-electron chi connectivity index (χ1n) is 11.4. The van der Waals surface area contributed by atoms with E-state index in [1.165, 1.54) is 12.4 Å². The van der Waals surface area contributed by atoms with E-state index in [4.69, 9.17) is 27.9 Å². The third-order valence-electron chi connectivity index (χ3n) is 5.35. The third kappa shape index (κ3) is 6.41. The van der Waals surface area contributed by atoms with E-state index in [2.05, 4.69) is 20.3 Å². The molecule has 0 spiro atoms. The van der Waals surface area contributed by atoms with Crippen LogP contribution in [-0.4, -0.2) is 40.5 Å². The van der Waals surface area contributed by atoms with Crippen molar-refractivity contribution in [3.8, 4) is 11.3 Å². The molecule has 2 aromatic carbocycles. The molecule has 0 aliphatic carbocycles. The number of benzene rings is 2. The van der Waals surface area contributed by atoms with E-state index in [1.807, 2.05) is 31.3 Å². The number of anilines is 2. The van der Waals surface area contributed by atoms with Gasteiger partial charge in [-0.2, -0.15) is 0 Å². The summed E-state index contributed by atoms with van der Waals surface area (Å²) in [6.07, 6.45) is 4.53. The number of esters is 1. The van der Waals surface area contributed by atoms with Crippen molar-refractivity contribution >= 4 is 46.7 Å². The van der Waals surface area contributed by atoms with Crippen molar-refractivity contribution in [2.24, 2.45) is 0 Å². The summed E-state index contributed by atoms with van der Waals surface area (Å²) in [5.41, 5.74) is 3.45. The molecule has 2 heterocycles. The minimum Gasteiger partial charge on any atom is -0.462 e. The Morgan fingerprint density at radius 2 is 1.76 bits per heavy atom. The number of carbonyl (C=O) groups is 2. The van der Waals surface area contributed by atoms with E-state index in [-0.39, 0.29) is 18.1 Å². The van der Waals surface area contributed by atoms with Gasteiger partial charge in [0, 0.05) is 43.4 Å². The van der Waals surface area contributed by atoms with Crippen LogP contribution in [-0.2, 0) is 11.3 Å². The van der Waals surface area contributed by atoms with Crippen molar-refractivity contribution in [3.05, 3.63) is 99.9 Å². The molecule has 0 aliphatic heterocycles. The number of carbonyl (C=O) groups excluding carboxylic acids is 2. The lowest BCUT2D eigenvalue weighted by atomic mass is 10.1. The molecule has 0 saturated carbocycles. The monoisotopic (exact) mass is 535 g/mol. The van der Waals surface area contributed by atoms with Crippen LogP contribution in [0.5, 0.6) is 0 Å². The van der Waals surface area contributed by atoms with E-state index in [0.29, 0.717) is 45.0 Å². The van der Waals surface area contributed by atoms with Crippen LogP contribution in [0.3, 0.4) is 0 Å². The molecule has 37 heavy (non-hydrogen) atoms. The summed E-state index contributed by atoms with van der Waals surface area (Å²) in [6, 6.07) is 15.9. The fourth-order valence-electron chi connectivity index (χ4n) is 3.54. The smallest absolute Gasteiger partial charge is 0.341 e. The number of amides is 1. The number of ether oxygens (including phenoxy) is 1. The highest BCUT2D eigenvalue weighted by Gasteiger charge is 2.15. The highest BCUT2D eigenvalue weighted by Crippen LogP contribution is 2.30. The number of pyridine rings is 1. The lowest BCUT2D eigenvalue weighted by Crippen LogP contribution is -2.20. The first kappa shape index (κ1) is 26.1. The van der Waals surface area contributed by atoms with Gasteiger partial charge in [0.1, 0.15) is 0 Å². The molecule has 0 aliphatic rings. The predicted octanol–water partition coefficient (Wildman–Crippen LogP) is 5.91. The quantitative estimate of drug-likeness (QED) is 0.280. The molecule has 0 fully saturated rings. The Labute approximate surface area is 224 Å². The molecule has 0 saturated heterocycles. The van der Waals surface area contributed by atoms with E-state index in [9.17, 15) is 9.59 Å². The van der Waals surface area contributed by atoms with Crippen molar-refractivity contribution in [1.29, 1.82) is 0 Å². The van der Waals surface area contributed by atoms with Crippen LogP contribution in [0.15, 0.2) is 73.2 Å². The average Bonchev–Trinajstić information content (AvgIpc) is 2.90. The maximum atomic E-state index is 12.9. The van der Waals surface area contributed by atoms with Crippen molar-refractivity contribution in [1.82, 2.24) is 15.0 Å². The summed E-state index contributed by atoms with van der Waals surface area (Å²) in [4.78, 5) is 39.3. The fourth-order valence-corrected chi connectivity index (χ4v) is 4.05. The summed E-state index contributed by atoms with van der Waals surface area (Å²) in [6.45, 7) is 2.45. The van der Waals surface area contributed by atoms with Gasteiger partial charge < -0.3 is 15.0 Å². The Bertz CT molecular complexity index is 1420. The molecule has 0 unspecified atom stereocenters. The van der Waals surface area contributed by atoms with Crippen molar-refractivity contribution in [2.45, 2.75) is 13.5 Å². The van der Waals surface area contributed by atoms with E-state index < -0.39 is 5.97 Å². The molecule has 1 N–H and O–H groups in total. The molecule has 4 aromatic rings. The largest absolute Gasteiger partial charge is 0.462 e. The van der Waals surface area contributed by atoms with Crippen LogP contribution in [0.25, 0.3) is 11.3 Å². The van der Waals surface area contributed by atoms with E-state index in [1.54, 1.807) is 48.4 Å². The number of nitrogens with zero attached hydrogens (tertiary/aromatic N) is 4. The SMILES string of the molecule is CCOC(=O)c1cnc(N(C)Cc2ccc(C(=O)Nc3ccc(Cl)c(-c4ccccn4)c3)c(Cl)c2)nc1. The van der Waals surface area contributed by atoms with Crippen LogP contribution >= 0.6 is 23.2 Å². The molecule has 188 valence electrons. The summed E-state index contributed by atoms with van der Waals surface area (Å²) < 4.78 is 4.95. The molecular weight excluding hydrogens is 513 g/mol. The van der Waals surface area contributed by atoms with Gasteiger partial charge >= 0.3 is 5.97 Å². The number of rotatable bonds is 8. The van der Waals surface area contributed by atoms with Crippen LogP contribution in [0.2, 0.25) is 10.0 Å². The van der Waals surface area contributed by atoms with Gasteiger partial charge in [0.15, 0.2) is 0 Å². The normalized spacial score (nSPS) is 10.6. The van der Waals surface area contributed by atoms with Crippen LogP contribution in [0.1, 0.15) is 33.2 Å². The second kappa shape index (κ2) is 11.8. The molecule has 4 rings (SSSR count). The van der Waals surface area contributed by atoms with Gasteiger partial charge in [-0.3, -0.25) is 9.78 Å². The molecule has 10 heteroatoms. The summed E-state index contributed by atoms with van der Waals surface area (Å²) >= 11 is 12.8. The first-order chi connectivity index (χ1) is 17.9. The molecule has 0 radical (unpaired) electrons. The Kier molecular flexibility index (Phi) is 8.32. The summed E-state index contributed by atoms with van der Waals surface area (Å²) in [5, 5.41) is 3.70. The van der Waals surface area contributed by atoms with Gasteiger partial charge in [-0.05, 0) is 55.0 Å². The van der Waals surface area contributed by atoms with Gasteiger partial charge in [-0.25, -0.2) is 14.8 Å². The zero-order valence-electron chi connectivity index (χ0n) is 20.1. The molecular formula is C27H23Cl2N5O3. The highest BCUT2D eigenvalue weighted by atomic mass is 35.5. The highest BCUT2D eigenvalue weighted by molar-refractivity contribution is 6.35. The number of aromatic nitrogens is 3. The second-order valence-electron chi connectivity index (χ2n) is 8.03. The second-order valence-corrected chi connectivity index (χ2v) is 8.84. The molecule has 2 aromatic heterocycles. The third-order valence-corrected chi connectivity index (χ3v) is 6.00. The van der Waals surface area contributed by atoms with Crippen molar-refractivity contribution in [3.63, 3.8) is 0 Å². The zero-order valence-corrected chi connectivity index (χ0v) is 21.6. The topological polar surface area (TPSA) is 97.3 Å². The Morgan fingerprint density at radius 1 is 0.973 bits per heavy atom. The maximum Gasteiger partial charge on any atom is 0.341 e. The van der Waals surface area contributed by atoms with Gasteiger partial charge in [0.05, 0.1) is 33.5 Å². The van der Waals surface area contributed by atoms with Crippen LogP contribution < -0.4 is 10.2 Å². The minimum absolute atomic E-state index is 0.279. The standard InChI is InChI=1S/C27H23Cl2N5O3/c1-3-37-26(36)18-14-31-27(32-15-18)34(2)16-17-7-9-20(23(29)12-17)25(35)33-19-8-10-22(28)21(13-19)24-6-4-5-11-30-24/h4-15H,3,16H2,1-2H3,(H,33,35). The lowest BCUT2D eigenvalue weighted by Gasteiger charge is -2.17. The zero-order chi connectivity index (χ0) is 26.4. The molecule has 0 atom stereocenters.